The molecule has 0 atom stereocenters. The van der Waals surface area contributed by atoms with Crippen molar-refractivity contribution >= 4 is 19.9 Å². The number of hydrogen-bond donors (Lipinski definition) is 0. The molecule has 0 heterocycles. The molecular weight excluding hydrogens is 172 g/mol. The van der Waals surface area contributed by atoms with Gasteiger partial charge < -0.3 is 0 Å². The quantitative estimate of drug-likeness (QED) is 0.383. The van der Waals surface area contributed by atoms with Gasteiger partial charge in [-0.25, -0.2) is 0 Å². The summed E-state index contributed by atoms with van der Waals surface area (Å²) < 4.78 is 0. The lowest BCUT2D eigenvalue weighted by atomic mass is 10.1. The maximum atomic E-state index is 5.71. The van der Waals surface area contributed by atoms with E-state index in [1.165, 1.54) is 24.4 Å². The van der Waals surface area contributed by atoms with Crippen LogP contribution in [-0.4, -0.2) is 8.83 Å². The third kappa shape index (κ3) is 3.59. The average molecular weight is 185 g/mol. The largest absolute Gasteiger partial charge is 0.176 e. The molecule has 1 rings (SSSR count). The lowest BCUT2D eigenvalue weighted by Crippen LogP contribution is -1.85. The standard InChI is InChI=1S/C9H13ClSi/c10-11-8-4-7-9-5-2-1-3-6-9/h1-3,5-6H,4,7-8,11H2. The molecule has 0 nitrogen and oxygen atoms in total. The lowest BCUT2D eigenvalue weighted by Gasteiger charge is -1.97. The fourth-order valence-electron chi connectivity index (χ4n) is 1.07. The second-order valence-corrected chi connectivity index (χ2v) is 4.85. The number of halogens is 1. The van der Waals surface area contributed by atoms with E-state index in [1.54, 1.807) is 0 Å². The van der Waals surface area contributed by atoms with Gasteiger partial charge in [-0.15, -0.1) is 0 Å². The van der Waals surface area contributed by atoms with Crippen LogP contribution in [0.5, 0.6) is 0 Å². The van der Waals surface area contributed by atoms with Gasteiger partial charge in [-0.1, -0.05) is 36.8 Å². The normalized spacial score (nSPS) is 11.0. The van der Waals surface area contributed by atoms with Crippen LogP contribution in [0.15, 0.2) is 30.3 Å². The molecule has 0 aliphatic carbocycles. The summed E-state index contributed by atoms with van der Waals surface area (Å²) in [6.07, 6.45) is 2.46. The van der Waals surface area contributed by atoms with Crippen molar-refractivity contribution in [2.75, 3.05) is 0 Å². The number of hydrogen-bond acceptors (Lipinski definition) is 0. The molecule has 0 fully saturated rings. The highest BCUT2D eigenvalue weighted by Crippen LogP contribution is 2.04. The molecule has 60 valence electrons. The smallest absolute Gasteiger partial charge is 0.125 e. The predicted molar refractivity (Wildman–Crippen MR) is 54.0 cm³/mol. The number of aryl methyl sites for hydroxylation is 1. The highest BCUT2D eigenvalue weighted by molar-refractivity contribution is 6.93. The van der Waals surface area contributed by atoms with Crippen molar-refractivity contribution in [2.24, 2.45) is 0 Å². The van der Waals surface area contributed by atoms with Crippen LogP contribution >= 0.6 is 11.1 Å². The molecule has 1 aromatic carbocycles. The summed E-state index contributed by atoms with van der Waals surface area (Å²) in [5.41, 5.74) is 1.44. The Labute approximate surface area is 75.1 Å². The summed E-state index contributed by atoms with van der Waals surface area (Å²) in [6, 6.07) is 11.8. The Morgan fingerprint density at radius 2 is 1.91 bits per heavy atom. The second-order valence-electron chi connectivity index (χ2n) is 2.63. The van der Waals surface area contributed by atoms with Crippen LogP contribution in [0.2, 0.25) is 6.04 Å². The first-order valence-electron chi connectivity index (χ1n) is 4.03. The zero-order valence-electron chi connectivity index (χ0n) is 6.59. The van der Waals surface area contributed by atoms with Crippen molar-refractivity contribution < 1.29 is 0 Å². The first kappa shape index (κ1) is 8.82. The molecule has 0 aliphatic rings. The van der Waals surface area contributed by atoms with Crippen molar-refractivity contribution in [3.63, 3.8) is 0 Å². The minimum Gasteiger partial charge on any atom is -0.176 e. The van der Waals surface area contributed by atoms with Crippen LogP contribution in [0.3, 0.4) is 0 Å². The molecule has 1 aromatic rings. The molecule has 0 aliphatic heterocycles. The van der Waals surface area contributed by atoms with Gasteiger partial charge in [0, 0.05) is 0 Å². The van der Waals surface area contributed by atoms with Crippen molar-refractivity contribution in [3.8, 4) is 0 Å². The van der Waals surface area contributed by atoms with Crippen LogP contribution in [0, 0.1) is 0 Å². The summed E-state index contributed by atoms with van der Waals surface area (Å²) in [6.45, 7) is 0. The minimum absolute atomic E-state index is 0.230. The minimum atomic E-state index is -0.230. The molecule has 0 aromatic heterocycles. The van der Waals surface area contributed by atoms with Gasteiger partial charge in [-0.05, 0) is 18.0 Å². The Morgan fingerprint density at radius 3 is 2.55 bits per heavy atom. The van der Waals surface area contributed by atoms with E-state index in [0.717, 1.165) is 0 Å². The van der Waals surface area contributed by atoms with Gasteiger partial charge in [0.05, 0.1) is 0 Å². The Balaban J connectivity index is 2.28. The van der Waals surface area contributed by atoms with Crippen molar-refractivity contribution in [1.82, 2.24) is 0 Å². The SMILES string of the molecule is Cl[SiH2]CCCc1ccccc1. The maximum Gasteiger partial charge on any atom is 0.125 e. The topological polar surface area (TPSA) is 0 Å². The van der Waals surface area contributed by atoms with Crippen LogP contribution in [0.1, 0.15) is 12.0 Å². The molecule has 0 amide bonds. The first-order valence-corrected chi connectivity index (χ1v) is 7.17. The number of rotatable bonds is 4. The first-order chi connectivity index (χ1) is 5.43. The summed E-state index contributed by atoms with van der Waals surface area (Å²) in [5, 5.41) is 0. The van der Waals surface area contributed by atoms with Crippen molar-refractivity contribution in [1.29, 1.82) is 0 Å². The van der Waals surface area contributed by atoms with E-state index >= 15 is 0 Å². The lowest BCUT2D eigenvalue weighted by molar-refractivity contribution is 0.918. The molecule has 0 unspecified atom stereocenters. The molecule has 11 heavy (non-hydrogen) atoms. The highest BCUT2D eigenvalue weighted by Gasteiger charge is 1.90. The van der Waals surface area contributed by atoms with E-state index in [-0.39, 0.29) is 8.83 Å². The molecule has 0 bridgehead atoms. The highest BCUT2D eigenvalue weighted by atomic mass is 35.6. The van der Waals surface area contributed by atoms with Gasteiger partial charge in [0.2, 0.25) is 0 Å². The Bertz CT molecular complexity index is 186. The van der Waals surface area contributed by atoms with E-state index < -0.39 is 0 Å². The Kier molecular flexibility index (Phi) is 4.32. The van der Waals surface area contributed by atoms with Gasteiger partial charge in [0.1, 0.15) is 8.83 Å². The summed E-state index contributed by atoms with van der Waals surface area (Å²) in [5.74, 6) is 0. The summed E-state index contributed by atoms with van der Waals surface area (Å²) >= 11 is 5.71. The van der Waals surface area contributed by atoms with Gasteiger partial charge in [-0.3, -0.25) is 0 Å². The average Bonchev–Trinajstić information content (AvgIpc) is 2.07. The third-order valence-corrected chi connectivity index (χ3v) is 3.26. The zero-order valence-corrected chi connectivity index (χ0v) is 8.76. The fraction of sp³-hybridized carbons (Fsp3) is 0.333. The van der Waals surface area contributed by atoms with Crippen LogP contribution in [-0.2, 0) is 6.42 Å². The van der Waals surface area contributed by atoms with Crippen LogP contribution in [0.25, 0.3) is 0 Å². The molecule has 0 saturated heterocycles. The molecule has 0 saturated carbocycles. The fourth-order valence-corrected chi connectivity index (χ4v) is 2.07. The van der Waals surface area contributed by atoms with E-state index in [1.807, 2.05) is 0 Å². The van der Waals surface area contributed by atoms with Gasteiger partial charge in [-0.2, -0.15) is 11.1 Å². The van der Waals surface area contributed by atoms with Gasteiger partial charge >= 0.3 is 0 Å². The van der Waals surface area contributed by atoms with Crippen molar-refractivity contribution in [3.05, 3.63) is 35.9 Å². The maximum absolute atomic E-state index is 5.71. The Hall–Kier alpha value is -0.273. The Morgan fingerprint density at radius 1 is 1.18 bits per heavy atom. The molecule has 2 heteroatoms. The second kappa shape index (κ2) is 5.39. The summed E-state index contributed by atoms with van der Waals surface area (Å²) in [4.78, 5) is 0. The van der Waals surface area contributed by atoms with E-state index in [4.69, 9.17) is 11.1 Å². The van der Waals surface area contributed by atoms with Crippen LogP contribution < -0.4 is 0 Å². The molecule has 0 radical (unpaired) electrons. The van der Waals surface area contributed by atoms with Crippen molar-refractivity contribution in [2.45, 2.75) is 18.9 Å². The predicted octanol–water partition coefficient (Wildman–Crippen LogP) is 2.36. The monoisotopic (exact) mass is 184 g/mol. The summed E-state index contributed by atoms with van der Waals surface area (Å²) in [7, 11) is -0.230. The molecule has 0 spiro atoms. The van der Waals surface area contributed by atoms with Gasteiger partial charge in [0.15, 0.2) is 0 Å². The molecule has 0 N–H and O–H groups in total. The molecular formula is C9H13ClSi. The number of benzene rings is 1. The van der Waals surface area contributed by atoms with E-state index in [2.05, 4.69) is 30.3 Å². The van der Waals surface area contributed by atoms with E-state index in [0.29, 0.717) is 0 Å². The van der Waals surface area contributed by atoms with Crippen LogP contribution in [0.4, 0.5) is 0 Å². The van der Waals surface area contributed by atoms with Gasteiger partial charge in [0.25, 0.3) is 0 Å². The zero-order chi connectivity index (χ0) is 7.94. The van der Waals surface area contributed by atoms with E-state index in [9.17, 15) is 0 Å². The third-order valence-electron chi connectivity index (χ3n) is 1.69.